The van der Waals surface area contributed by atoms with E-state index in [-0.39, 0.29) is 11.3 Å². The lowest BCUT2D eigenvalue weighted by Crippen LogP contribution is -2.36. The number of rotatable bonds is 7. The molecule has 0 bridgehead atoms. The molecule has 2 rings (SSSR count). The van der Waals surface area contributed by atoms with E-state index in [4.69, 9.17) is 9.47 Å². The summed E-state index contributed by atoms with van der Waals surface area (Å²) in [6.45, 7) is -2.15. The van der Waals surface area contributed by atoms with Gasteiger partial charge in [0.25, 0.3) is 0 Å². The minimum Gasteiger partial charge on any atom is -0.507 e. The van der Waals surface area contributed by atoms with Crippen LogP contribution in [0.1, 0.15) is 36.0 Å². The number of benzene rings is 1. The van der Waals surface area contributed by atoms with Crippen molar-refractivity contribution >= 4 is 5.78 Å². The monoisotopic (exact) mass is 330 g/mol. The Balaban J connectivity index is 2.05. The summed E-state index contributed by atoms with van der Waals surface area (Å²) in [6, 6.07) is 4.01. The van der Waals surface area contributed by atoms with Gasteiger partial charge in [0.1, 0.15) is 30.4 Å². The van der Waals surface area contributed by atoms with Crippen LogP contribution in [0, 0.1) is 0 Å². The summed E-state index contributed by atoms with van der Waals surface area (Å²) in [5.74, 6) is -0.790. The molecule has 1 unspecified atom stereocenters. The molecule has 0 saturated carbocycles. The Hall–Kier alpha value is -1.73. The number of halogens is 2. The van der Waals surface area contributed by atoms with Gasteiger partial charge in [-0.25, -0.2) is 8.78 Å². The summed E-state index contributed by atoms with van der Waals surface area (Å²) in [4.78, 5) is 12.0. The van der Waals surface area contributed by atoms with Gasteiger partial charge in [-0.3, -0.25) is 4.79 Å². The number of aromatic hydroxyl groups is 1. The second kappa shape index (κ2) is 7.70. The maximum atomic E-state index is 12.6. The zero-order valence-corrected chi connectivity index (χ0v) is 12.6. The number of ether oxygens (including phenoxy) is 2. The molecule has 7 heteroatoms. The molecule has 23 heavy (non-hydrogen) atoms. The Labute approximate surface area is 132 Å². The molecular weight excluding hydrogens is 310 g/mol. The van der Waals surface area contributed by atoms with E-state index in [1.54, 1.807) is 0 Å². The largest absolute Gasteiger partial charge is 0.507 e. The SMILES string of the molecule is O=C(CC(O)(CF)CF)c1ccc(OC2CCCCO2)cc1O. The molecule has 1 aromatic rings. The lowest BCUT2D eigenvalue weighted by Gasteiger charge is -2.23. The first-order valence-electron chi connectivity index (χ1n) is 7.46. The van der Waals surface area contributed by atoms with Crippen LogP contribution in [0.25, 0.3) is 0 Å². The molecule has 5 nitrogen and oxygen atoms in total. The van der Waals surface area contributed by atoms with E-state index in [1.165, 1.54) is 18.2 Å². The molecule has 1 heterocycles. The van der Waals surface area contributed by atoms with Crippen molar-refractivity contribution in [2.24, 2.45) is 0 Å². The smallest absolute Gasteiger partial charge is 0.199 e. The average Bonchev–Trinajstić information content (AvgIpc) is 2.55. The Bertz CT molecular complexity index is 539. The van der Waals surface area contributed by atoms with Crippen molar-refractivity contribution in [1.82, 2.24) is 0 Å². The number of aliphatic hydroxyl groups is 1. The van der Waals surface area contributed by atoms with Crippen LogP contribution in [0.4, 0.5) is 8.78 Å². The normalized spacial score (nSPS) is 18.7. The molecule has 1 fully saturated rings. The zero-order valence-electron chi connectivity index (χ0n) is 12.6. The van der Waals surface area contributed by atoms with Crippen LogP contribution < -0.4 is 4.74 Å². The van der Waals surface area contributed by atoms with Gasteiger partial charge in [0.15, 0.2) is 12.1 Å². The average molecular weight is 330 g/mol. The van der Waals surface area contributed by atoms with Crippen LogP contribution in [0.15, 0.2) is 18.2 Å². The highest BCUT2D eigenvalue weighted by atomic mass is 19.1. The van der Waals surface area contributed by atoms with Gasteiger partial charge in [-0.1, -0.05) is 0 Å². The summed E-state index contributed by atoms with van der Waals surface area (Å²) in [5.41, 5.74) is -2.48. The number of phenols is 1. The fourth-order valence-electron chi connectivity index (χ4n) is 2.30. The molecule has 0 amide bonds. The molecule has 1 aliphatic rings. The molecule has 0 radical (unpaired) electrons. The van der Waals surface area contributed by atoms with Crippen LogP contribution in [-0.4, -0.2) is 47.8 Å². The topological polar surface area (TPSA) is 76.0 Å². The van der Waals surface area contributed by atoms with E-state index in [2.05, 4.69) is 0 Å². The second-order valence-electron chi connectivity index (χ2n) is 5.68. The maximum absolute atomic E-state index is 12.6. The minimum absolute atomic E-state index is 0.123. The molecule has 1 aliphatic heterocycles. The van der Waals surface area contributed by atoms with Gasteiger partial charge in [-0.2, -0.15) is 0 Å². The number of phenolic OH excluding ortho intramolecular Hbond substituents is 1. The van der Waals surface area contributed by atoms with Crippen molar-refractivity contribution in [2.75, 3.05) is 20.0 Å². The highest BCUT2D eigenvalue weighted by Crippen LogP contribution is 2.28. The number of carbonyl (C=O) groups is 1. The first-order valence-corrected chi connectivity index (χ1v) is 7.46. The number of alkyl halides is 2. The molecule has 128 valence electrons. The van der Waals surface area contributed by atoms with Crippen molar-refractivity contribution in [3.63, 3.8) is 0 Å². The molecular formula is C16H20F2O5. The van der Waals surface area contributed by atoms with Crippen LogP contribution in [0.5, 0.6) is 11.5 Å². The second-order valence-corrected chi connectivity index (χ2v) is 5.68. The zero-order chi connectivity index (χ0) is 16.9. The molecule has 0 aromatic heterocycles. The molecule has 1 atom stereocenters. The highest BCUT2D eigenvalue weighted by Gasteiger charge is 2.31. The predicted molar refractivity (Wildman–Crippen MR) is 78.2 cm³/mol. The quantitative estimate of drug-likeness (QED) is 0.752. The lowest BCUT2D eigenvalue weighted by molar-refractivity contribution is -0.105. The highest BCUT2D eigenvalue weighted by molar-refractivity contribution is 5.99. The number of hydrogen-bond acceptors (Lipinski definition) is 5. The third-order valence-electron chi connectivity index (χ3n) is 3.66. The first-order chi connectivity index (χ1) is 11.0. The third-order valence-corrected chi connectivity index (χ3v) is 3.66. The van der Waals surface area contributed by atoms with Gasteiger partial charge in [-0.05, 0) is 25.0 Å². The Morgan fingerprint density at radius 3 is 2.65 bits per heavy atom. The number of ketones is 1. The number of Topliss-reactive ketones (excluding diaryl/α,β-unsaturated/α-hetero) is 1. The Kier molecular flexibility index (Phi) is 5.90. The Morgan fingerprint density at radius 2 is 2.09 bits per heavy atom. The number of hydrogen-bond donors (Lipinski definition) is 2. The van der Waals surface area contributed by atoms with Crippen molar-refractivity contribution in [2.45, 2.75) is 37.6 Å². The van der Waals surface area contributed by atoms with Crippen molar-refractivity contribution in [1.29, 1.82) is 0 Å². The van der Waals surface area contributed by atoms with Crippen molar-refractivity contribution in [3.05, 3.63) is 23.8 Å². The standard InChI is InChI=1S/C16H20F2O5/c17-9-16(21,10-18)8-14(20)12-5-4-11(7-13(12)19)23-15-3-1-2-6-22-15/h4-5,7,15,19,21H,1-3,6,8-10H2. The summed E-state index contributed by atoms with van der Waals surface area (Å²) in [6.07, 6.45) is 1.55. The van der Waals surface area contributed by atoms with E-state index >= 15 is 0 Å². The summed E-state index contributed by atoms with van der Waals surface area (Å²) < 4.78 is 36.2. The van der Waals surface area contributed by atoms with E-state index < -0.39 is 37.4 Å². The van der Waals surface area contributed by atoms with Crippen LogP contribution >= 0.6 is 0 Å². The van der Waals surface area contributed by atoms with Gasteiger partial charge in [-0.15, -0.1) is 0 Å². The lowest BCUT2D eigenvalue weighted by atomic mass is 9.95. The molecule has 0 aliphatic carbocycles. The molecule has 1 aromatic carbocycles. The van der Waals surface area contributed by atoms with E-state index in [0.717, 1.165) is 19.3 Å². The molecule has 1 saturated heterocycles. The Morgan fingerprint density at radius 1 is 1.35 bits per heavy atom. The minimum atomic E-state index is -2.35. The van der Waals surface area contributed by atoms with E-state index in [1.807, 2.05) is 0 Å². The van der Waals surface area contributed by atoms with Gasteiger partial charge >= 0.3 is 0 Å². The summed E-state index contributed by atoms with van der Waals surface area (Å²) >= 11 is 0. The van der Waals surface area contributed by atoms with Crippen molar-refractivity contribution < 1.29 is 33.3 Å². The van der Waals surface area contributed by atoms with Crippen molar-refractivity contribution in [3.8, 4) is 11.5 Å². The summed E-state index contributed by atoms with van der Waals surface area (Å²) in [7, 11) is 0. The fourth-order valence-corrected chi connectivity index (χ4v) is 2.30. The summed E-state index contributed by atoms with van der Waals surface area (Å²) in [5, 5.41) is 19.5. The van der Waals surface area contributed by atoms with Crippen LogP contribution in [0.3, 0.4) is 0 Å². The van der Waals surface area contributed by atoms with Gasteiger partial charge in [0.05, 0.1) is 12.2 Å². The van der Waals surface area contributed by atoms with Crippen LogP contribution in [0.2, 0.25) is 0 Å². The van der Waals surface area contributed by atoms with E-state index in [9.17, 15) is 23.8 Å². The fraction of sp³-hybridized carbons (Fsp3) is 0.562. The maximum Gasteiger partial charge on any atom is 0.199 e. The first kappa shape index (κ1) is 17.6. The third kappa shape index (κ3) is 4.62. The molecule has 2 N–H and O–H groups in total. The van der Waals surface area contributed by atoms with E-state index in [0.29, 0.717) is 12.4 Å². The van der Waals surface area contributed by atoms with Crippen LogP contribution in [-0.2, 0) is 4.74 Å². The predicted octanol–water partition coefficient (Wildman–Crippen LogP) is 2.54. The van der Waals surface area contributed by atoms with Gasteiger partial charge < -0.3 is 19.7 Å². The van der Waals surface area contributed by atoms with Gasteiger partial charge in [0.2, 0.25) is 0 Å². The van der Waals surface area contributed by atoms with Gasteiger partial charge in [0, 0.05) is 18.9 Å². The number of carbonyl (C=O) groups excluding carboxylic acids is 1. The molecule has 0 spiro atoms.